The fourth-order valence-electron chi connectivity index (χ4n) is 2.96. The van der Waals surface area contributed by atoms with Crippen molar-refractivity contribution in [2.75, 3.05) is 6.61 Å². The van der Waals surface area contributed by atoms with Crippen molar-refractivity contribution in [2.24, 2.45) is 0 Å². The van der Waals surface area contributed by atoms with Gasteiger partial charge in [-0.15, -0.1) is 0 Å². The summed E-state index contributed by atoms with van der Waals surface area (Å²) in [5.74, 6) is -0.586. The molecule has 1 aromatic rings. The first-order valence-electron chi connectivity index (χ1n) is 10.5. The molecule has 0 bridgehead atoms. The standard InChI is InChI=1S/C21H34N2O7Si/c1-13-11-23(20(27)22-19(13)26)17-10-15(30-18(25)9-8-14(2)24)16(29-17)12-28-31(6,7)21(3,4)5/h11,15-17H,8-10,12H2,1-7H3,(H,22,26,27)/t15-,16-,17-/m1/s1. The van der Waals surface area contributed by atoms with Crippen LogP contribution in [0.15, 0.2) is 15.8 Å². The Bertz CT molecular complexity index is 929. The molecule has 1 aliphatic rings. The Morgan fingerprint density at radius 1 is 1.26 bits per heavy atom. The van der Waals surface area contributed by atoms with Crippen molar-refractivity contribution in [3.63, 3.8) is 0 Å². The van der Waals surface area contributed by atoms with Gasteiger partial charge in [-0.05, 0) is 32.0 Å². The SMILES string of the molecule is CC(=O)CCC(=O)O[C@@H]1C[C@H](n2cc(C)c(=O)[nH]c2=O)O[C@@H]1CO[Si](C)(C)C(C)(C)C. The van der Waals surface area contributed by atoms with Gasteiger partial charge >= 0.3 is 11.7 Å². The lowest BCUT2D eigenvalue weighted by atomic mass is 10.1. The normalized spacial score (nSPS) is 21.8. The van der Waals surface area contributed by atoms with Crippen molar-refractivity contribution in [3.05, 3.63) is 32.6 Å². The number of esters is 1. The lowest BCUT2D eigenvalue weighted by Gasteiger charge is -2.37. The molecule has 1 aliphatic heterocycles. The van der Waals surface area contributed by atoms with E-state index in [2.05, 4.69) is 38.8 Å². The van der Waals surface area contributed by atoms with Gasteiger partial charge in [0.1, 0.15) is 24.2 Å². The number of nitrogens with one attached hydrogen (secondary N) is 1. The van der Waals surface area contributed by atoms with E-state index < -0.39 is 44.0 Å². The molecule has 0 saturated carbocycles. The van der Waals surface area contributed by atoms with Crippen LogP contribution < -0.4 is 11.2 Å². The first-order chi connectivity index (χ1) is 14.2. The van der Waals surface area contributed by atoms with Crippen LogP contribution in [0.3, 0.4) is 0 Å². The van der Waals surface area contributed by atoms with E-state index >= 15 is 0 Å². The fourth-order valence-corrected chi connectivity index (χ4v) is 3.97. The molecule has 1 N–H and O–H groups in total. The van der Waals surface area contributed by atoms with Crippen molar-refractivity contribution in [1.29, 1.82) is 0 Å². The van der Waals surface area contributed by atoms with Gasteiger partial charge in [0.2, 0.25) is 0 Å². The van der Waals surface area contributed by atoms with Crippen LogP contribution in [-0.2, 0) is 23.5 Å². The highest BCUT2D eigenvalue weighted by Gasteiger charge is 2.43. The quantitative estimate of drug-likeness (QED) is 0.473. The molecule has 10 heteroatoms. The van der Waals surface area contributed by atoms with Crippen LogP contribution in [0.2, 0.25) is 18.1 Å². The molecule has 1 aromatic heterocycles. The van der Waals surface area contributed by atoms with Gasteiger partial charge < -0.3 is 18.7 Å². The highest BCUT2D eigenvalue weighted by Crippen LogP contribution is 2.38. The molecule has 0 amide bonds. The van der Waals surface area contributed by atoms with Crippen LogP contribution in [0, 0.1) is 6.92 Å². The minimum atomic E-state index is -2.08. The van der Waals surface area contributed by atoms with Crippen LogP contribution in [-0.4, -0.2) is 48.4 Å². The number of nitrogens with zero attached hydrogens (tertiary/aromatic N) is 1. The second-order valence-corrected chi connectivity index (χ2v) is 14.5. The summed E-state index contributed by atoms with van der Waals surface area (Å²) in [7, 11) is -2.08. The summed E-state index contributed by atoms with van der Waals surface area (Å²) in [5.41, 5.74) is -0.670. The third-order valence-corrected chi connectivity index (χ3v) is 10.5. The molecular weight excluding hydrogens is 420 g/mol. The van der Waals surface area contributed by atoms with E-state index in [4.69, 9.17) is 13.9 Å². The summed E-state index contributed by atoms with van der Waals surface area (Å²) < 4.78 is 19.2. The Morgan fingerprint density at radius 2 is 1.90 bits per heavy atom. The van der Waals surface area contributed by atoms with E-state index in [1.54, 1.807) is 6.92 Å². The number of carbonyl (C=O) groups is 2. The lowest BCUT2D eigenvalue weighted by Crippen LogP contribution is -2.44. The number of Topliss-reactive ketones (excluding diaryl/α,β-unsaturated/α-hetero) is 1. The van der Waals surface area contributed by atoms with Gasteiger partial charge in [0.05, 0.1) is 13.0 Å². The maximum Gasteiger partial charge on any atom is 0.330 e. The number of carbonyl (C=O) groups excluding carboxylic acids is 2. The van der Waals surface area contributed by atoms with Crippen molar-refractivity contribution in [2.45, 2.75) is 90.4 Å². The molecule has 0 spiro atoms. The van der Waals surface area contributed by atoms with E-state index in [9.17, 15) is 19.2 Å². The second-order valence-electron chi connectivity index (χ2n) is 9.65. The molecule has 0 aromatic carbocycles. The summed E-state index contributed by atoms with van der Waals surface area (Å²) in [4.78, 5) is 49.7. The van der Waals surface area contributed by atoms with Crippen molar-refractivity contribution >= 4 is 20.1 Å². The molecule has 1 fully saturated rings. The van der Waals surface area contributed by atoms with Crippen LogP contribution in [0.1, 0.15) is 58.7 Å². The largest absolute Gasteiger partial charge is 0.459 e. The number of hydrogen-bond acceptors (Lipinski definition) is 7. The van der Waals surface area contributed by atoms with Crippen LogP contribution >= 0.6 is 0 Å². The van der Waals surface area contributed by atoms with Crippen molar-refractivity contribution in [1.82, 2.24) is 9.55 Å². The predicted molar refractivity (Wildman–Crippen MR) is 118 cm³/mol. The highest BCUT2D eigenvalue weighted by atomic mass is 28.4. The summed E-state index contributed by atoms with van der Waals surface area (Å²) in [6, 6.07) is 0. The number of rotatable bonds is 8. The Labute approximate surface area is 183 Å². The number of aromatic nitrogens is 2. The van der Waals surface area contributed by atoms with E-state index in [0.29, 0.717) is 5.56 Å². The van der Waals surface area contributed by atoms with Gasteiger partial charge in [-0.3, -0.25) is 19.1 Å². The molecule has 2 heterocycles. The van der Waals surface area contributed by atoms with Gasteiger partial charge in [-0.1, -0.05) is 20.8 Å². The van der Waals surface area contributed by atoms with Gasteiger partial charge in [-0.2, -0.15) is 0 Å². The zero-order chi connectivity index (χ0) is 23.6. The summed E-state index contributed by atoms with van der Waals surface area (Å²) >= 11 is 0. The first kappa shape index (κ1) is 25.2. The molecule has 3 atom stereocenters. The maximum atomic E-state index is 12.3. The van der Waals surface area contributed by atoms with Crippen LogP contribution in [0.5, 0.6) is 0 Å². The maximum absolute atomic E-state index is 12.3. The summed E-state index contributed by atoms with van der Waals surface area (Å²) in [6.45, 7) is 13.8. The average molecular weight is 455 g/mol. The zero-order valence-electron chi connectivity index (χ0n) is 19.4. The Kier molecular flexibility index (Phi) is 7.83. The molecule has 0 radical (unpaired) electrons. The average Bonchev–Trinajstić information content (AvgIpc) is 3.03. The number of aromatic amines is 1. The lowest BCUT2D eigenvalue weighted by molar-refractivity contribution is -0.153. The van der Waals surface area contributed by atoms with Gasteiger partial charge in [0.15, 0.2) is 8.32 Å². The van der Waals surface area contributed by atoms with Gasteiger partial charge in [0, 0.05) is 24.6 Å². The van der Waals surface area contributed by atoms with E-state index in [1.165, 1.54) is 17.7 Å². The number of H-pyrrole nitrogens is 1. The molecule has 0 aliphatic carbocycles. The summed E-state index contributed by atoms with van der Waals surface area (Å²) in [5, 5.41) is -0.00830. The third-order valence-electron chi connectivity index (χ3n) is 6.02. The number of aryl methyl sites for hydroxylation is 1. The molecule has 2 rings (SSSR count). The summed E-state index contributed by atoms with van der Waals surface area (Å²) in [6.07, 6.45) is -0.126. The molecule has 1 saturated heterocycles. The van der Waals surface area contributed by atoms with E-state index in [1.807, 2.05) is 0 Å². The number of ether oxygens (including phenoxy) is 2. The molecular formula is C21H34N2O7Si. The van der Waals surface area contributed by atoms with Gasteiger partial charge in [-0.25, -0.2) is 4.79 Å². The Morgan fingerprint density at radius 3 is 2.48 bits per heavy atom. The van der Waals surface area contributed by atoms with E-state index in [0.717, 1.165) is 0 Å². The second kappa shape index (κ2) is 9.62. The first-order valence-corrected chi connectivity index (χ1v) is 13.4. The monoisotopic (exact) mass is 454 g/mol. The van der Waals surface area contributed by atoms with Crippen molar-refractivity contribution in [3.8, 4) is 0 Å². The predicted octanol–water partition coefficient (Wildman–Crippen LogP) is 2.44. The van der Waals surface area contributed by atoms with Crippen LogP contribution in [0.25, 0.3) is 0 Å². The van der Waals surface area contributed by atoms with Crippen LogP contribution in [0.4, 0.5) is 0 Å². The third kappa shape index (κ3) is 6.47. The number of hydrogen-bond donors (Lipinski definition) is 1. The molecule has 0 unspecified atom stereocenters. The minimum Gasteiger partial charge on any atom is -0.459 e. The number of ketones is 1. The topological polar surface area (TPSA) is 117 Å². The van der Waals surface area contributed by atoms with E-state index in [-0.39, 0.29) is 36.7 Å². The molecule has 174 valence electrons. The fraction of sp³-hybridized carbons (Fsp3) is 0.714. The Balaban J connectivity index is 2.21. The highest BCUT2D eigenvalue weighted by molar-refractivity contribution is 6.74. The van der Waals surface area contributed by atoms with Gasteiger partial charge in [0.25, 0.3) is 5.56 Å². The smallest absolute Gasteiger partial charge is 0.330 e. The molecule has 9 nitrogen and oxygen atoms in total. The Hall–Kier alpha value is -2.04. The molecule has 31 heavy (non-hydrogen) atoms. The van der Waals surface area contributed by atoms with Crippen molar-refractivity contribution < 1.29 is 23.5 Å². The zero-order valence-corrected chi connectivity index (χ0v) is 20.4. The minimum absolute atomic E-state index is 0.00830.